The van der Waals surface area contributed by atoms with Gasteiger partial charge in [-0.2, -0.15) is 0 Å². The van der Waals surface area contributed by atoms with E-state index in [9.17, 15) is 4.79 Å². The molecule has 0 unspecified atom stereocenters. The Labute approximate surface area is 80.3 Å². The molecule has 0 aromatic carbocycles. The predicted molar refractivity (Wildman–Crippen MR) is 54.1 cm³/mol. The summed E-state index contributed by atoms with van der Waals surface area (Å²) in [7, 11) is 0. The van der Waals surface area contributed by atoms with Crippen molar-refractivity contribution in [3.63, 3.8) is 0 Å². The lowest BCUT2D eigenvalue weighted by atomic mass is 10.1. The molecule has 13 heavy (non-hydrogen) atoms. The van der Waals surface area contributed by atoms with Gasteiger partial charge in [0.25, 0.3) is 0 Å². The number of hydrogen-bond acceptors (Lipinski definition) is 2. The Kier molecular flexibility index (Phi) is 5.94. The molecular formula is C11H18O2. The summed E-state index contributed by atoms with van der Waals surface area (Å²) in [4.78, 5) is 11.1. The molecule has 0 atom stereocenters. The minimum Gasteiger partial charge on any atom is -0.431 e. The van der Waals surface area contributed by atoms with Crippen LogP contribution in [0.2, 0.25) is 0 Å². The second kappa shape index (κ2) is 6.46. The van der Waals surface area contributed by atoms with Crippen LogP contribution >= 0.6 is 0 Å². The van der Waals surface area contributed by atoms with Gasteiger partial charge in [-0.05, 0) is 32.3 Å². The number of hydrogen-bond donors (Lipinski definition) is 0. The molecule has 0 aliphatic rings. The lowest BCUT2D eigenvalue weighted by molar-refractivity contribution is -0.133. The van der Waals surface area contributed by atoms with Crippen LogP contribution in [0.4, 0.5) is 0 Å². The van der Waals surface area contributed by atoms with Crippen molar-refractivity contribution in [3.8, 4) is 0 Å². The molecule has 0 N–H and O–H groups in total. The van der Waals surface area contributed by atoms with E-state index in [2.05, 4.69) is 13.8 Å². The fourth-order valence-electron chi connectivity index (χ4n) is 0.648. The van der Waals surface area contributed by atoms with Crippen LogP contribution in [-0.4, -0.2) is 5.97 Å². The fraction of sp³-hybridized carbons (Fsp3) is 0.545. The molecule has 0 fully saturated rings. The van der Waals surface area contributed by atoms with Crippen LogP contribution in [0.25, 0.3) is 0 Å². The molecule has 2 nitrogen and oxygen atoms in total. The van der Waals surface area contributed by atoms with E-state index in [0.717, 1.165) is 6.42 Å². The summed E-state index contributed by atoms with van der Waals surface area (Å²) < 4.78 is 4.86. The first-order valence-electron chi connectivity index (χ1n) is 4.56. The first-order chi connectivity index (χ1) is 6.07. The van der Waals surface area contributed by atoms with Crippen LogP contribution in [0.5, 0.6) is 0 Å². The minimum atomic E-state index is -0.275. The van der Waals surface area contributed by atoms with Gasteiger partial charge in [-0.1, -0.05) is 19.9 Å². The van der Waals surface area contributed by atoms with Gasteiger partial charge in [0.2, 0.25) is 0 Å². The molecule has 74 valence electrons. The van der Waals surface area contributed by atoms with E-state index in [1.807, 2.05) is 13.0 Å². The van der Waals surface area contributed by atoms with E-state index in [1.54, 1.807) is 13.0 Å². The zero-order chi connectivity index (χ0) is 10.3. The van der Waals surface area contributed by atoms with Crippen molar-refractivity contribution >= 4 is 5.97 Å². The second-order valence-corrected chi connectivity index (χ2v) is 3.38. The van der Waals surface area contributed by atoms with E-state index < -0.39 is 0 Å². The molecule has 2 heteroatoms. The Morgan fingerprint density at radius 3 is 2.54 bits per heavy atom. The van der Waals surface area contributed by atoms with E-state index in [4.69, 9.17) is 4.74 Å². The Morgan fingerprint density at radius 2 is 2.08 bits per heavy atom. The van der Waals surface area contributed by atoms with Crippen LogP contribution in [-0.2, 0) is 9.53 Å². The molecule has 0 bridgehead atoms. The van der Waals surface area contributed by atoms with E-state index in [-0.39, 0.29) is 5.97 Å². The summed E-state index contributed by atoms with van der Waals surface area (Å²) in [6.07, 6.45) is 6.00. The standard InChI is InChI=1S/C11H18O2/c1-5-10(4)11(12)13-8-6-7-9(2)3/h5-6,8-9H,7H2,1-4H3/b8-6+,10-5-. The van der Waals surface area contributed by atoms with Crippen LogP contribution in [0, 0.1) is 5.92 Å². The highest BCUT2D eigenvalue weighted by atomic mass is 16.5. The topological polar surface area (TPSA) is 26.3 Å². The predicted octanol–water partition coefficient (Wildman–Crippen LogP) is 3.06. The third kappa shape index (κ3) is 6.14. The van der Waals surface area contributed by atoms with Crippen molar-refractivity contribution in [2.45, 2.75) is 34.1 Å². The van der Waals surface area contributed by atoms with Gasteiger partial charge in [0.05, 0.1) is 6.26 Å². The summed E-state index contributed by atoms with van der Waals surface area (Å²) >= 11 is 0. The monoisotopic (exact) mass is 182 g/mol. The van der Waals surface area contributed by atoms with Crippen LogP contribution in [0.1, 0.15) is 34.1 Å². The van der Waals surface area contributed by atoms with Gasteiger partial charge in [-0.3, -0.25) is 0 Å². The van der Waals surface area contributed by atoms with Crippen molar-refractivity contribution in [1.82, 2.24) is 0 Å². The van der Waals surface area contributed by atoms with Crippen molar-refractivity contribution in [2.24, 2.45) is 5.92 Å². The number of allylic oxidation sites excluding steroid dienone is 2. The number of esters is 1. The van der Waals surface area contributed by atoms with Gasteiger partial charge in [-0.15, -0.1) is 0 Å². The second-order valence-electron chi connectivity index (χ2n) is 3.38. The third-order valence-electron chi connectivity index (χ3n) is 1.63. The molecule has 0 aliphatic carbocycles. The third-order valence-corrected chi connectivity index (χ3v) is 1.63. The quantitative estimate of drug-likeness (QED) is 0.379. The largest absolute Gasteiger partial charge is 0.431 e. The maximum Gasteiger partial charge on any atom is 0.338 e. The Bertz CT molecular complexity index is 212. The molecule has 0 aromatic rings. The first kappa shape index (κ1) is 11.9. The van der Waals surface area contributed by atoms with Gasteiger partial charge >= 0.3 is 5.97 Å². The number of carbonyl (C=O) groups is 1. The Morgan fingerprint density at radius 1 is 1.46 bits per heavy atom. The summed E-state index contributed by atoms with van der Waals surface area (Å²) in [5, 5.41) is 0. The van der Waals surface area contributed by atoms with E-state index in [0.29, 0.717) is 11.5 Å². The van der Waals surface area contributed by atoms with Gasteiger partial charge in [-0.25, -0.2) is 4.79 Å². The van der Waals surface area contributed by atoms with Gasteiger partial charge in [0.1, 0.15) is 0 Å². The molecule has 0 heterocycles. The summed E-state index contributed by atoms with van der Waals surface area (Å²) in [5.74, 6) is 0.320. The maximum atomic E-state index is 11.1. The van der Waals surface area contributed by atoms with Crippen molar-refractivity contribution in [2.75, 3.05) is 0 Å². The highest BCUT2D eigenvalue weighted by Crippen LogP contribution is 2.01. The number of carbonyl (C=O) groups excluding carboxylic acids is 1. The fourth-order valence-corrected chi connectivity index (χ4v) is 0.648. The average Bonchev–Trinajstić information content (AvgIpc) is 2.10. The molecule has 0 aliphatic heterocycles. The van der Waals surface area contributed by atoms with Gasteiger partial charge in [0, 0.05) is 5.57 Å². The maximum absolute atomic E-state index is 11.1. The smallest absolute Gasteiger partial charge is 0.338 e. The highest BCUT2D eigenvalue weighted by molar-refractivity contribution is 5.87. The lowest BCUT2D eigenvalue weighted by Crippen LogP contribution is -2.00. The molecule has 0 amide bonds. The summed E-state index contributed by atoms with van der Waals surface area (Å²) in [6.45, 7) is 7.78. The summed E-state index contributed by atoms with van der Waals surface area (Å²) in [5.41, 5.74) is 0.634. The van der Waals surface area contributed by atoms with Gasteiger partial charge in [0.15, 0.2) is 0 Å². The number of ether oxygens (including phenoxy) is 1. The molecule has 0 radical (unpaired) electrons. The normalized spacial score (nSPS) is 12.5. The molecule has 0 rings (SSSR count). The van der Waals surface area contributed by atoms with Crippen LogP contribution in [0.3, 0.4) is 0 Å². The van der Waals surface area contributed by atoms with Crippen molar-refractivity contribution < 1.29 is 9.53 Å². The lowest BCUT2D eigenvalue weighted by Gasteiger charge is -1.99. The SMILES string of the molecule is C/C=C(/C)C(=O)O/C=C/CC(C)C. The molecule has 0 aromatic heterocycles. The zero-order valence-corrected chi connectivity index (χ0v) is 8.83. The van der Waals surface area contributed by atoms with Crippen molar-refractivity contribution in [1.29, 1.82) is 0 Å². The molecular weight excluding hydrogens is 164 g/mol. The first-order valence-corrected chi connectivity index (χ1v) is 4.56. The minimum absolute atomic E-state index is 0.275. The summed E-state index contributed by atoms with van der Waals surface area (Å²) in [6, 6.07) is 0. The Hall–Kier alpha value is -1.05. The Balaban J connectivity index is 3.77. The van der Waals surface area contributed by atoms with Crippen LogP contribution in [0.15, 0.2) is 24.0 Å². The highest BCUT2D eigenvalue weighted by Gasteiger charge is 2.00. The molecule has 0 saturated carbocycles. The molecule has 0 spiro atoms. The number of rotatable bonds is 4. The van der Waals surface area contributed by atoms with E-state index >= 15 is 0 Å². The zero-order valence-electron chi connectivity index (χ0n) is 8.83. The average molecular weight is 182 g/mol. The van der Waals surface area contributed by atoms with Gasteiger partial charge < -0.3 is 4.74 Å². The van der Waals surface area contributed by atoms with Crippen molar-refractivity contribution in [3.05, 3.63) is 24.0 Å². The van der Waals surface area contributed by atoms with Crippen LogP contribution < -0.4 is 0 Å². The molecule has 0 saturated heterocycles. The van der Waals surface area contributed by atoms with E-state index in [1.165, 1.54) is 6.26 Å².